The number of piperazine rings is 1. The molecule has 5 rings (SSSR count). The van der Waals surface area contributed by atoms with Gasteiger partial charge in [0.05, 0.1) is 28.7 Å². The lowest BCUT2D eigenvalue weighted by molar-refractivity contribution is -0.133. The molecule has 1 fully saturated rings. The van der Waals surface area contributed by atoms with Crippen LogP contribution in [0.25, 0.3) is 10.9 Å². The van der Waals surface area contributed by atoms with Crippen LogP contribution in [-0.2, 0) is 16.1 Å². The van der Waals surface area contributed by atoms with Crippen molar-refractivity contribution < 1.29 is 14.4 Å². The minimum atomic E-state index is -0.768. The zero-order chi connectivity index (χ0) is 24.4. The molecule has 2 aliphatic rings. The lowest BCUT2D eigenvalue weighted by atomic mass is 10.1. The summed E-state index contributed by atoms with van der Waals surface area (Å²) in [6.45, 7) is 2.89. The molecule has 2 aromatic carbocycles. The molecule has 1 unspecified atom stereocenters. The quantitative estimate of drug-likeness (QED) is 0.508. The van der Waals surface area contributed by atoms with Gasteiger partial charge < -0.3 is 20.5 Å². The van der Waals surface area contributed by atoms with Gasteiger partial charge in [-0.05, 0) is 30.7 Å². The molecule has 0 aliphatic carbocycles. The summed E-state index contributed by atoms with van der Waals surface area (Å²) >= 11 is 0. The molecule has 3 heterocycles. The van der Waals surface area contributed by atoms with Crippen molar-refractivity contribution >= 4 is 34.3 Å². The van der Waals surface area contributed by atoms with Crippen molar-refractivity contribution in [2.75, 3.05) is 31.5 Å². The van der Waals surface area contributed by atoms with Crippen molar-refractivity contribution in [3.63, 3.8) is 0 Å². The molecule has 10 nitrogen and oxygen atoms in total. The van der Waals surface area contributed by atoms with E-state index >= 15 is 0 Å². The molecular weight excluding hydrogens is 448 g/mol. The number of carbonyl (C=O) groups excluding carboxylic acids is 3. The van der Waals surface area contributed by atoms with E-state index in [9.17, 15) is 19.2 Å². The molecule has 0 saturated carbocycles. The zero-order valence-electron chi connectivity index (χ0n) is 19.1. The third-order valence-corrected chi connectivity index (χ3v) is 6.46. The number of aromatic amines is 1. The fraction of sp³-hybridized carbons (Fsp3) is 0.320. The number of carbonyl (C=O) groups is 3. The van der Waals surface area contributed by atoms with Gasteiger partial charge in [-0.1, -0.05) is 24.3 Å². The van der Waals surface area contributed by atoms with Gasteiger partial charge in [0.25, 0.3) is 11.5 Å². The summed E-state index contributed by atoms with van der Waals surface area (Å²) in [6, 6.07) is 13.3. The molecule has 1 atom stereocenters. The van der Waals surface area contributed by atoms with Crippen LogP contribution in [0.5, 0.6) is 0 Å². The van der Waals surface area contributed by atoms with Crippen molar-refractivity contribution in [2.45, 2.75) is 25.4 Å². The molecule has 0 bridgehead atoms. The van der Waals surface area contributed by atoms with Crippen molar-refractivity contribution in [3.05, 3.63) is 70.3 Å². The Bertz CT molecular complexity index is 1350. The highest BCUT2D eigenvalue weighted by Gasteiger charge is 2.29. The van der Waals surface area contributed by atoms with Crippen LogP contribution in [0.15, 0.2) is 53.3 Å². The van der Waals surface area contributed by atoms with Gasteiger partial charge in [-0.15, -0.1) is 0 Å². The van der Waals surface area contributed by atoms with Gasteiger partial charge in [-0.2, -0.15) is 0 Å². The summed E-state index contributed by atoms with van der Waals surface area (Å²) in [7, 11) is 0. The number of fused-ring (bicyclic) bond motifs is 2. The maximum atomic E-state index is 12.8. The van der Waals surface area contributed by atoms with Gasteiger partial charge in [0, 0.05) is 32.6 Å². The molecule has 3 N–H and O–H groups in total. The predicted octanol–water partition coefficient (Wildman–Crippen LogP) is 1.10. The van der Waals surface area contributed by atoms with Crippen LogP contribution in [0.1, 0.15) is 29.0 Å². The highest BCUT2D eigenvalue weighted by Crippen LogP contribution is 2.19. The Labute approximate surface area is 201 Å². The van der Waals surface area contributed by atoms with Crippen LogP contribution in [0, 0.1) is 0 Å². The highest BCUT2D eigenvalue weighted by molar-refractivity contribution is 6.09. The molecule has 0 radical (unpaired) electrons. The number of para-hydroxylation sites is 2. The van der Waals surface area contributed by atoms with E-state index in [0.29, 0.717) is 60.7 Å². The van der Waals surface area contributed by atoms with Gasteiger partial charge in [0.15, 0.2) is 0 Å². The third-order valence-electron chi connectivity index (χ3n) is 6.46. The van der Waals surface area contributed by atoms with E-state index in [1.807, 2.05) is 18.2 Å². The largest absolute Gasteiger partial charge is 0.340 e. The number of nitrogens with zero attached hydrogens (tertiary/aromatic N) is 3. The highest BCUT2D eigenvalue weighted by atomic mass is 16.2. The van der Waals surface area contributed by atoms with Crippen LogP contribution in [0.3, 0.4) is 0 Å². The summed E-state index contributed by atoms with van der Waals surface area (Å²) in [5.41, 5.74) is 1.39. The molecule has 1 aromatic heterocycles. The maximum absolute atomic E-state index is 12.8. The molecule has 1 saturated heterocycles. The Morgan fingerprint density at radius 2 is 1.71 bits per heavy atom. The predicted molar refractivity (Wildman–Crippen MR) is 130 cm³/mol. The Balaban J connectivity index is 1.13. The van der Waals surface area contributed by atoms with E-state index < -0.39 is 6.04 Å². The molecule has 3 amide bonds. The first-order chi connectivity index (χ1) is 17.0. The maximum Gasteiger partial charge on any atom is 0.258 e. The summed E-state index contributed by atoms with van der Waals surface area (Å²) in [4.78, 5) is 61.4. The minimum Gasteiger partial charge on any atom is -0.340 e. The summed E-state index contributed by atoms with van der Waals surface area (Å²) in [5.74, 6) is -0.0987. The Hall–Kier alpha value is -4.05. The monoisotopic (exact) mass is 474 g/mol. The van der Waals surface area contributed by atoms with Crippen molar-refractivity contribution in [1.29, 1.82) is 0 Å². The first kappa shape index (κ1) is 22.7. The second-order valence-electron chi connectivity index (χ2n) is 8.79. The number of aromatic nitrogens is 2. The van der Waals surface area contributed by atoms with Crippen molar-refractivity contribution in [2.24, 2.45) is 0 Å². The number of nitrogens with one attached hydrogen (secondary N) is 3. The van der Waals surface area contributed by atoms with Crippen LogP contribution in [-0.4, -0.2) is 69.7 Å². The number of rotatable bonds is 5. The van der Waals surface area contributed by atoms with E-state index in [1.54, 1.807) is 35.2 Å². The topological polar surface area (TPSA) is 128 Å². The average molecular weight is 475 g/mol. The Morgan fingerprint density at radius 3 is 2.54 bits per heavy atom. The zero-order valence-corrected chi connectivity index (χ0v) is 19.1. The fourth-order valence-electron chi connectivity index (χ4n) is 4.52. The summed E-state index contributed by atoms with van der Waals surface area (Å²) in [6.07, 6.45) is 0.390. The SMILES string of the molecule is O=C1NC(CCC(=O)N2CCN(Cc3nc4ccccc4c(=O)[nH]3)CC2)C(=O)Nc2ccccc21. The van der Waals surface area contributed by atoms with E-state index in [1.165, 1.54) is 0 Å². The number of benzene rings is 2. The van der Waals surface area contributed by atoms with Crippen LogP contribution >= 0.6 is 0 Å². The van der Waals surface area contributed by atoms with E-state index in [0.717, 1.165) is 0 Å². The van der Waals surface area contributed by atoms with Gasteiger partial charge in [-0.25, -0.2) is 4.98 Å². The second-order valence-corrected chi connectivity index (χ2v) is 8.79. The molecule has 10 heteroatoms. The number of H-pyrrole nitrogens is 1. The standard InChI is InChI=1S/C25H26N6O4/c32-22(10-9-20-25(35)27-19-8-4-2-6-17(19)23(33)28-20)31-13-11-30(12-14-31)15-21-26-18-7-3-1-5-16(18)24(34)29-21/h1-8,20H,9-15H2,(H,27,35)(H,28,33)(H,26,29,34). The minimum absolute atomic E-state index is 0.0503. The molecule has 35 heavy (non-hydrogen) atoms. The number of hydrogen-bond acceptors (Lipinski definition) is 6. The van der Waals surface area contributed by atoms with Crippen LogP contribution in [0.4, 0.5) is 5.69 Å². The Morgan fingerprint density at radius 1 is 0.971 bits per heavy atom. The second kappa shape index (κ2) is 9.67. The smallest absolute Gasteiger partial charge is 0.258 e. The van der Waals surface area contributed by atoms with Gasteiger partial charge in [-0.3, -0.25) is 24.1 Å². The number of amides is 3. The van der Waals surface area contributed by atoms with E-state index in [4.69, 9.17) is 0 Å². The lowest BCUT2D eigenvalue weighted by Gasteiger charge is -2.34. The molecule has 180 valence electrons. The summed E-state index contributed by atoms with van der Waals surface area (Å²) in [5, 5.41) is 6.06. The first-order valence-electron chi connectivity index (χ1n) is 11.7. The van der Waals surface area contributed by atoms with Gasteiger partial charge >= 0.3 is 0 Å². The van der Waals surface area contributed by atoms with E-state index in [-0.39, 0.29) is 36.1 Å². The van der Waals surface area contributed by atoms with Crippen molar-refractivity contribution in [3.8, 4) is 0 Å². The number of hydrogen-bond donors (Lipinski definition) is 3. The van der Waals surface area contributed by atoms with Crippen LogP contribution in [0.2, 0.25) is 0 Å². The Kier molecular flexibility index (Phi) is 6.28. The third kappa shape index (κ3) is 4.92. The fourth-order valence-corrected chi connectivity index (χ4v) is 4.52. The first-order valence-corrected chi connectivity index (χ1v) is 11.7. The number of anilines is 1. The molecule has 0 spiro atoms. The molecule has 3 aromatic rings. The van der Waals surface area contributed by atoms with Gasteiger partial charge in [0.1, 0.15) is 11.9 Å². The molecule has 2 aliphatic heterocycles. The van der Waals surface area contributed by atoms with Gasteiger partial charge in [0.2, 0.25) is 11.8 Å². The normalized spacial score (nSPS) is 18.5. The average Bonchev–Trinajstić information content (AvgIpc) is 2.98. The van der Waals surface area contributed by atoms with Crippen molar-refractivity contribution in [1.82, 2.24) is 25.1 Å². The molecular formula is C25H26N6O4. The van der Waals surface area contributed by atoms with Crippen LogP contribution < -0.4 is 16.2 Å². The summed E-state index contributed by atoms with van der Waals surface area (Å²) < 4.78 is 0. The van der Waals surface area contributed by atoms with E-state index in [2.05, 4.69) is 25.5 Å². The lowest BCUT2D eigenvalue weighted by Crippen LogP contribution is -2.49.